The van der Waals surface area contributed by atoms with Crippen molar-refractivity contribution in [3.63, 3.8) is 0 Å². The van der Waals surface area contributed by atoms with Crippen molar-refractivity contribution in [3.05, 3.63) is 77.9 Å². The molecule has 0 aliphatic heterocycles. The number of carbonyl (C=O) groups is 1. The lowest BCUT2D eigenvalue weighted by Gasteiger charge is -2.19. The molecule has 0 saturated carbocycles. The van der Waals surface area contributed by atoms with Crippen molar-refractivity contribution in [1.29, 1.82) is 0 Å². The van der Waals surface area contributed by atoms with Gasteiger partial charge in [0.15, 0.2) is 11.5 Å². The zero-order chi connectivity index (χ0) is 21.5. The molecule has 0 fully saturated rings. The fraction of sp³-hybridized carbons (Fsp3) is 0.208. The summed E-state index contributed by atoms with van der Waals surface area (Å²) in [6.45, 7) is 1.89. The van der Waals surface area contributed by atoms with Crippen LogP contribution in [0.25, 0.3) is 0 Å². The molecular formula is C24H25NO5. The molecule has 3 rings (SSSR count). The predicted octanol–water partition coefficient (Wildman–Crippen LogP) is 5.00. The molecule has 6 heteroatoms. The maximum absolute atomic E-state index is 13.0. The molecule has 3 aromatic carbocycles. The lowest BCUT2D eigenvalue weighted by molar-refractivity contribution is 0.0937. The van der Waals surface area contributed by atoms with E-state index in [4.69, 9.17) is 18.9 Å². The van der Waals surface area contributed by atoms with Gasteiger partial charge in [0.1, 0.15) is 11.5 Å². The Morgan fingerprint density at radius 3 is 2.00 bits per heavy atom. The summed E-state index contributed by atoms with van der Waals surface area (Å²) in [6.07, 6.45) is 0. The van der Waals surface area contributed by atoms with Crippen molar-refractivity contribution in [2.24, 2.45) is 0 Å². The van der Waals surface area contributed by atoms with Crippen LogP contribution in [0.2, 0.25) is 0 Å². The molecule has 0 heterocycles. The molecule has 1 N–H and O–H groups in total. The Kier molecular flexibility index (Phi) is 6.80. The lowest BCUT2D eigenvalue weighted by atomic mass is 10.1. The molecule has 6 nitrogen and oxygen atoms in total. The monoisotopic (exact) mass is 407 g/mol. The first-order valence-corrected chi connectivity index (χ1v) is 9.50. The largest absolute Gasteiger partial charge is 0.493 e. The molecular weight excluding hydrogens is 382 g/mol. The van der Waals surface area contributed by atoms with Crippen LogP contribution in [0.5, 0.6) is 28.7 Å². The normalized spacial score (nSPS) is 11.3. The Hall–Kier alpha value is -3.67. The first kappa shape index (κ1) is 21.0. The first-order valence-electron chi connectivity index (χ1n) is 9.50. The van der Waals surface area contributed by atoms with Gasteiger partial charge in [-0.25, -0.2) is 0 Å². The number of carbonyl (C=O) groups excluding carboxylic acids is 1. The van der Waals surface area contributed by atoms with Gasteiger partial charge in [-0.3, -0.25) is 4.79 Å². The van der Waals surface area contributed by atoms with Crippen LogP contribution in [0.15, 0.2) is 66.7 Å². The minimum atomic E-state index is -0.309. The van der Waals surface area contributed by atoms with Crippen LogP contribution in [0, 0.1) is 0 Å². The second-order valence-corrected chi connectivity index (χ2v) is 6.57. The molecule has 0 aromatic heterocycles. The number of hydrogen-bond donors (Lipinski definition) is 1. The van der Waals surface area contributed by atoms with Crippen molar-refractivity contribution in [3.8, 4) is 28.7 Å². The fourth-order valence-corrected chi connectivity index (χ4v) is 3.07. The smallest absolute Gasteiger partial charge is 0.255 e. The Labute approximate surface area is 176 Å². The van der Waals surface area contributed by atoms with E-state index in [1.165, 1.54) is 0 Å². The minimum absolute atomic E-state index is 0.247. The maximum atomic E-state index is 13.0. The van der Waals surface area contributed by atoms with E-state index in [1.54, 1.807) is 39.5 Å². The van der Waals surface area contributed by atoms with Gasteiger partial charge in [-0.1, -0.05) is 30.3 Å². The summed E-state index contributed by atoms with van der Waals surface area (Å²) in [5, 5.41) is 3.01. The third kappa shape index (κ3) is 4.66. The second kappa shape index (κ2) is 9.69. The predicted molar refractivity (Wildman–Crippen MR) is 115 cm³/mol. The van der Waals surface area contributed by atoms with Crippen LogP contribution >= 0.6 is 0 Å². The molecule has 0 bridgehead atoms. The number of hydrogen-bond acceptors (Lipinski definition) is 5. The van der Waals surface area contributed by atoms with Crippen molar-refractivity contribution < 1.29 is 23.7 Å². The molecule has 0 aliphatic rings. The zero-order valence-electron chi connectivity index (χ0n) is 17.5. The highest BCUT2D eigenvalue weighted by molar-refractivity contribution is 5.97. The van der Waals surface area contributed by atoms with Gasteiger partial charge in [-0.15, -0.1) is 0 Å². The summed E-state index contributed by atoms with van der Waals surface area (Å²) in [4.78, 5) is 13.0. The number of rotatable bonds is 8. The SMILES string of the molecule is COc1cc(C(C)NC(=O)c2ccccc2Oc2ccccc2)cc(OC)c1OC. The van der Waals surface area contributed by atoms with Crippen molar-refractivity contribution >= 4 is 5.91 Å². The highest BCUT2D eigenvalue weighted by Crippen LogP contribution is 2.39. The zero-order valence-corrected chi connectivity index (χ0v) is 17.5. The van der Waals surface area contributed by atoms with Gasteiger partial charge in [0.25, 0.3) is 5.91 Å². The van der Waals surface area contributed by atoms with Crippen LogP contribution in [0.3, 0.4) is 0 Å². The molecule has 156 valence electrons. The van der Waals surface area contributed by atoms with Crippen molar-refractivity contribution in [1.82, 2.24) is 5.32 Å². The summed E-state index contributed by atoms with van der Waals surface area (Å²) >= 11 is 0. The highest BCUT2D eigenvalue weighted by Gasteiger charge is 2.20. The molecule has 1 unspecified atom stereocenters. The average molecular weight is 407 g/mol. The van der Waals surface area contributed by atoms with Gasteiger partial charge in [-0.05, 0) is 48.9 Å². The summed E-state index contributed by atoms with van der Waals surface area (Å²) < 4.78 is 22.1. The number of benzene rings is 3. The quantitative estimate of drug-likeness (QED) is 0.569. The molecule has 0 aliphatic carbocycles. The van der Waals surface area contributed by atoms with E-state index in [2.05, 4.69) is 5.32 Å². The topological polar surface area (TPSA) is 66.0 Å². The number of methoxy groups -OCH3 is 3. The van der Waals surface area contributed by atoms with E-state index in [0.717, 1.165) is 5.56 Å². The van der Waals surface area contributed by atoms with E-state index in [9.17, 15) is 4.79 Å². The molecule has 1 amide bonds. The van der Waals surface area contributed by atoms with E-state index in [0.29, 0.717) is 34.3 Å². The Morgan fingerprint density at radius 1 is 0.800 bits per heavy atom. The summed E-state index contributed by atoms with van der Waals surface area (Å²) in [6, 6.07) is 19.8. The van der Waals surface area contributed by atoms with Crippen LogP contribution in [0.4, 0.5) is 0 Å². The van der Waals surface area contributed by atoms with Gasteiger partial charge in [-0.2, -0.15) is 0 Å². The maximum Gasteiger partial charge on any atom is 0.255 e. The van der Waals surface area contributed by atoms with Gasteiger partial charge >= 0.3 is 0 Å². The molecule has 3 aromatic rings. The third-order valence-electron chi connectivity index (χ3n) is 4.64. The molecule has 0 spiro atoms. The van der Waals surface area contributed by atoms with Gasteiger partial charge in [0.05, 0.1) is 32.9 Å². The molecule has 1 atom stereocenters. The number of amides is 1. The van der Waals surface area contributed by atoms with E-state index >= 15 is 0 Å². The summed E-state index contributed by atoms with van der Waals surface area (Å²) in [7, 11) is 4.66. The number of para-hydroxylation sites is 2. The first-order chi connectivity index (χ1) is 14.6. The van der Waals surface area contributed by atoms with Crippen LogP contribution in [0.1, 0.15) is 28.9 Å². The van der Waals surface area contributed by atoms with Gasteiger partial charge < -0.3 is 24.3 Å². The summed E-state index contributed by atoms with van der Waals surface area (Å²) in [5.74, 6) is 2.46. The van der Waals surface area contributed by atoms with Crippen molar-refractivity contribution in [2.75, 3.05) is 21.3 Å². The Balaban J connectivity index is 1.83. The van der Waals surface area contributed by atoms with Crippen LogP contribution in [-0.4, -0.2) is 27.2 Å². The van der Waals surface area contributed by atoms with Crippen LogP contribution in [-0.2, 0) is 0 Å². The lowest BCUT2D eigenvalue weighted by Crippen LogP contribution is -2.27. The van der Waals surface area contributed by atoms with Crippen molar-refractivity contribution in [2.45, 2.75) is 13.0 Å². The van der Waals surface area contributed by atoms with E-state index in [1.807, 2.05) is 55.5 Å². The van der Waals surface area contributed by atoms with E-state index < -0.39 is 0 Å². The number of ether oxygens (including phenoxy) is 4. The Bertz CT molecular complexity index is 978. The minimum Gasteiger partial charge on any atom is -0.493 e. The average Bonchev–Trinajstić information content (AvgIpc) is 2.78. The fourth-order valence-electron chi connectivity index (χ4n) is 3.07. The second-order valence-electron chi connectivity index (χ2n) is 6.57. The number of nitrogens with one attached hydrogen (secondary N) is 1. The molecule has 0 radical (unpaired) electrons. The summed E-state index contributed by atoms with van der Waals surface area (Å²) in [5.41, 5.74) is 1.26. The highest BCUT2D eigenvalue weighted by atomic mass is 16.5. The van der Waals surface area contributed by atoms with Gasteiger partial charge in [0.2, 0.25) is 5.75 Å². The van der Waals surface area contributed by atoms with E-state index in [-0.39, 0.29) is 11.9 Å². The standard InChI is InChI=1S/C24H25NO5/c1-16(17-14-21(27-2)23(29-4)22(15-17)28-3)25-24(26)19-12-8-9-13-20(19)30-18-10-6-5-7-11-18/h5-16H,1-4H3,(H,25,26). The van der Waals surface area contributed by atoms with Crippen LogP contribution < -0.4 is 24.3 Å². The van der Waals surface area contributed by atoms with Gasteiger partial charge in [0, 0.05) is 0 Å². The Morgan fingerprint density at radius 2 is 1.40 bits per heavy atom. The third-order valence-corrected chi connectivity index (χ3v) is 4.64. The molecule has 30 heavy (non-hydrogen) atoms. The molecule has 0 saturated heterocycles.